The highest BCUT2D eigenvalue weighted by molar-refractivity contribution is 7.15. The third kappa shape index (κ3) is 6.50. The summed E-state index contributed by atoms with van der Waals surface area (Å²) in [5.41, 5.74) is -0.719. The van der Waals surface area contributed by atoms with Crippen molar-refractivity contribution in [3.63, 3.8) is 0 Å². The molecule has 3 aromatic rings. The molecule has 0 saturated carbocycles. The van der Waals surface area contributed by atoms with Gasteiger partial charge in [0.25, 0.3) is 0 Å². The van der Waals surface area contributed by atoms with Crippen molar-refractivity contribution in [3.8, 4) is 16.2 Å². The van der Waals surface area contributed by atoms with E-state index in [-0.39, 0.29) is 21.9 Å². The molecule has 10 heteroatoms. The molecule has 1 heterocycles. The molecule has 0 amide bonds. The number of carbonyl (C=O) groups is 1. The molecule has 188 valence electrons. The van der Waals surface area contributed by atoms with Gasteiger partial charge in [-0.3, -0.25) is 0 Å². The highest BCUT2D eigenvalue weighted by atomic mass is 35.5. The second-order valence-corrected chi connectivity index (χ2v) is 10.2. The Morgan fingerprint density at radius 3 is 2.26 bits per heavy atom. The van der Waals surface area contributed by atoms with E-state index in [1.807, 2.05) is 12.1 Å². The van der Waals surface area contributed by atoms with E-state index < -0.39 is 23.3 Å². The molecule has 0 bridgehead atoms. The van der Waals surface area contributed by atoms with Crippen molar-refractivity contribution in [2.24, 2.45) is 0 Å². The fourth-order valence-corrected chi connectivity index (χ4v) is 4.93. The number of methoxy groups -OCH3 is 1. The van der Waals surface area contributed by atoms with Crippen molar-refractivity contribution < 1.29 is 32.5 Å². The van der Waals surface area contributed by atoms with Crippen LogP contribution < -0.4 is 4.74 Å². The third-order valence-electron chi connectivity index (χ3n) is 5.41. The highest BCUT2D eigenvalue weighted by Crippen LogP contribution is 2.39. The zero-order chi connectivity index (χ0) is 26.0. The van der Waals surface area contributed by atoms with Gasteiger partial charge in [-0.15, -0.1) is 11.3 Å². The first-order valence-corrected chi connectivity index (χ1v) is 12.1. The molecule has 0 radical (unpaired) electrons. The smallest absolute Gasteiger partial charge is 0.416 e. The number of benzene rings is 2. The predicted octanol–water partition coefficient (Wildman–Crippen LogP) is 8.30. The van der Waals surface area contributed by atoms with Crippen LogP contribution in [-0.2, 0) is 22.1 Å². The number of aryl methyl sites for hydroxylation is 1. The standard InChI is InChI=1S/C25H23Cl2F3O4S/c1-24(2,23(31)32)34-18-11-7-15(21(26)22(18)27)6-10-17(33-3)20-13-12-19(35-20)14-4-8-16(9-5-14)25(28,29)30/h4-5,7-9,11-13,17H,6,10H2,1-3H3,(H,31,32)/t17-/m1/s1. The van der Waals surface area contributed by atoms with Crippen LogP contribution in [0.25, 0.3) is 10.4 Å². The average Bonchev–Trinajstić information content (AvgIpc) is 3.28. The number of rotatable bonds is 9. The Hall–Kier alpha value is -2.26. The Morgan fingerprint density at radius 2 is 1.69 bits per heavy atom. The fourth-order valence-electron chi connectivity index (χ4n) is 3.33. The number of carboxylic acids is 1. The maximum atomic E-state index is 12.8. The maximum absolute atomic E-state index is 12.8. The quantitative estimate of drug-likeness (QED) is 0.293. The Kier molecular flexibility index (Phi) is 8.42. The van der Waals surface area contributed by atoms with Gasteiger partial charge in [0, 0.05) is 16.9 Å². The zero-order valence-corrected chi connectivity index (χ0v) is 21.4. The number of hydrogen-bond donors (Lipinski definition) is 1. The van der Waals surface area contributed by atoms with Gasteiger partial charge in [-0.1, -0.05) is 41.4 Å². The van der Waals surface area contributed by atoms with Crippen LogP contribution in [0.15, 0.2) is 48.5 Å². The Labute approximate surface area is 215 Å². The summed E-state index contributed by atoms with van der Waals surface area (Å²) in [6, 6.07) is 12.1. The molecule has 0 aliphatic carbocycles. The summed E-state index contributed by atoms with van der Waals surface area (Å²) in [6.45, 7) is 2.83. The summed E-state index contributed by atoms with van der Waals surface area (Å²) in [5, 5.41) is 9.67. The molecule has 0 aliphatic rings. The van der Waals surface area contributed by atoms with Crippen molar-refractivity contribution in [3.05, 3.63) is 74.6 Å². The van der Waals surface area contributed by atoms with E-state index in [2.05, 4.69) is 0 Å². The molecule has 4 nitrogen and oxygen atoms in total. The van der Waals surface area contributed by atoms with Gasteiger partial charge >= 0.3 is 12.1 Å². The monoisotopic (exact) mass is 546 g/mol. The van der Waals surface area contributed by atoms with Gasteiger partial charge in [0.2, 0.25) is 0 Å². The summed E-state index contributed by atoms with van der Waals surface area (Å²) in [5.74, 6) is -0.959. The third-order valence-corrected chi connectivity index (χ3v) is 7.54. The Morgan fingerprint density at radius 1 is 1.03 bits per heavy atom. The first-order chi connectivity index (χ1) is 16.3. The summed E-state index contributed by atoms with van der Waals surface area (Å²) >= 11 is 14.2. The number of halogens is 5. The minimum absolute atomic E-state index is 0.133. The van der Waals surface area contributed by atoms with E-state index in [1.165, 1.54) is 37.3 Å². The van der Waals surface area contributed by atoms with Crippen LogP contribution in [-0.4, -0.2) is 23.8 Å². The van der Waals surface area contributed by atoms with Gasteiger partial charge in [0.1, 0.15) is 10.8 Å². The molecular weight excluding hydrogens is 524 g/mol. The average molecular weight is 547 g/mol. The van der Waals surface area contributed by atoms with Gasteiger partial charge < -0.3 is 14.6 Å². The van der Waals surface area contributed by atoms with Crippen LogP contribution in [0.2, 0.25) is 10.0 Å². The molecular formula is C25H23Cl2F3O4S. The van der Waals surface area contributed by atoms with Crippen LogP contribution in [0.1, 0.15) is 42.4 Å². The molecule has 1 N–H and O–H groups in total. The molecule has 35 heavy (non-hydrogen) atoms. The van der Waals surface area contributed by atoms with E-state index >= 15 is 0 Å². The summed E-state index contributed by atoms with van der Waals surface area (Å²) < 4.78 is 49.6. The molecule has 0 aliphatic heterocycles. The number of thiophene rings is 1. The Balaban J connectivity index is 1.71. The second-order valence-electron chi connectivity index (χ2n) is 8.31. The molecule has 0 fully saturated rings. The molecule has 1 aromatic heterocycles. The first-order valence-electron chi connectivity index (χ1n) is 10.5. The van der Waals surface area contributed by atoms with Crippen LogP contribution in [0.5, 0.6) is 5.75 Å². The summed E-state index contributed by atoms with van der Waals surface area (Å²) in [4.78, 5) is 13.1. The molecule has 0 spiro atoms. The molecule has 1 atom stereocenters. The van der Waals surface area contributed by atoms with Gasteiger partial charge in [0.15, 0.2) is 5.60 Å². The normalized spacial score (nSPS) is 13.0. The number of carboxylic acid groups (broad SMARTS) is 1. The highest BCUT2D eigenvalue weighted by Gasteiger charge is 2.31. The van der Waals surface area contributed by atoms with Crippen molar-refractivity contribution in [2.75, 3.05) is 7.11 Å². The van der Waals surface area contributed by atoms with Crippen molar-refractivity contribution >= 4 is 40.5 Å². The van der Waals surface area contributed by atoms with E-state index in [9.17, 15) is 23.1 Å². The molecule has 0 saturated heterocycles. The number of hydrogen-bond acceptors (Lipinski definition) is 4. The van der Waals surface area contributed by atoms with Crippen LogP contribution >= 0.6 is 34.5 Å². The SMILES string of the molecule is CO[C@H](CCc1ccc(OC(C)(C)C(=O)O)c(Cl)c1Cl)c1ccc(-c2ccc(C(F)(F)F)cc2)s1. The van der Waals surface area contributed by atoms with E-state index in [0.29, 0.717) is 18.4 Å². The van der Waals surface area contributed by atoms with Crippen molar-refractivity contribution in [2.45, 2.75) is 44.6 Å². The largest absolute Gasteiger partial charge is 0.478 e. The van der Waals surface area contributed by atoms with Crippen LogP contribution in [0.4, 0.5) is 13.2 Å². The number of alkyl halides is 3. The van der Waals surface area contributed by atoms with E-state index in [1.54, 1.807) is 19.2 Å². The second kappa shape index (κ2) is 10.8. The van der Waals surface area contributed by atoms with Gasteiger partial charge in [0.05, 0.1) is 16.7 Å². The van der Waals surface area contributed by atoms with Crippen molar-refractivity contribution in [1.82, 2.24) is 0 Å². The lowest BCUT2D eigenvalue weighted by molar-refractivity contribution is -0.152. The first kappa shape index (κ1) is 27.3. The summed E-state index contributed by atoms with van der Waals surface area (Å²) in [7, 11) is 1.59. The minimum atomic E-state index is -4.37. The molecule has 2 aromatic carbocycles. The van der Waals surface area contributed by atoms with Gasteiger partial charge in [-0.25, -0.2) is 4.79 Å². The predicted molar refractivity (Wildman–Crippen MR) is 132 cm³/mol. The maximum Gasteiger partial charge on any atom is 0.416 e. The van der Waals surface area contributed by atoms with E-state index in [4.69, 9.17) is 32.7 Å². The molecule has 0 unspecified atom stereocenters. The van der Waals surface area contributed by atoms with Crippen LogP contribution in [0, 0.1) is 0 Å². The lowest BCUT2D eigenvalue weighted by Gasteiger charge is -2.23. The van der Waals surface area contributed by atoms with E-state index in [0.717, 1.165) is 27.5 Å². The number of ether oxygens (including phenoxy) is 2. The number of aliphatic carboxylic acids is 1. The zero-order valence-electron chi connectivity index (χ0n) is 19.1. The lowest BCUT2D eigenvalue weighted by atomic mass is 10.0. The Bertz CT molecular complexity index is 1190. The van der Waals surface area contributed by atoms with Gasteiger partial charge in [-0.05, 0) is 68.1 Å². The fraction of sp³-hybridized carbons (Fsp3) is 0.320. The summed E-state index contributed by atoms with van der Waals surface area (Å²) in [6.07, 6.45) is -3.55. The topological polar surface area (TPSA) is 55.8 Å². The van der Waals surface area contributed by atoms with Crippen molar-refractivity contribution in [1.29, 1.82) is 0 Å². The van der Waals surface area contributed by atoms with Crippen LogP contribution in [0.3, 0.4) is 0 Å². The van der Waals surface area contributed by atoms with Gasteiger partial charge in [-0.2, -0.15) is 13.2 Å². The molecule has 3 rings (SSSR count). The lowest BCUT2D eigenvalue weighted by Crippen LogP contribution is -2.38. The minimum Gasteiger partial charge on any atom is -0.478 e.